The zero-order valence-electron chi connectivity index (χ0n) is 15.0. The van der Waals surface area contributed by atoms with Crippen molar-refractivity contribution in [2.24, 2.45) is 0 Å². The highest BCUT2D eigenvalue weighted by Gasteiger charge is 2.43. The molecular weight excluding hydrogens is 332 g/mol. The Hall–Kier alpha value is -2.32. The van der Waals surface area contributed by atoms with E-state index >= 15 is 0 Å². The van der Waals surface area contributed by atoms with Crippen LogP contribution in [0.5, 0.6) is 0 Å². The molecule has 0 spiro atoms. The molecular formula is C18H22N6O2. The van der Waals surface area contributed by atoms with Gasteiger partial charge >= 0.3 is 0 Å². The van der Waals surface area contributed by atoms with Crippen LogP contribution < -0.4 is 10.6 Å². The zero-order chi connectivity index (χ0) is 17.9. The van der Waals surface area contributed by atoms with Crippen LogP contribution in [-0.2, 0) is 21.7 Å². The van der Waals surface area contributed by atoms with Crippen molar-refractivity contribution in [3.63, 3.8) is 0 Å². The van der Waals surface area contributed by atoms with Gasteiger partial charge in [0.25, 0.3) is 0 Å². The molecule has 2 aromatic heterocycles. The molecule has 2 fully saturated rings. The maximum Gasteiger partial charge on any atom is 0.219 e. The maximum absolute atomic E-state index is 6.03. The lowest BCUT2D eigenvalue weighted by Crippen LogP contribution is -2.47. The summed E-state index contributed by atoms with van der Waals surface area (Å²) >= 11 is 0. The summed E-state index contributed by atoms with van der Waals surface area (Å²) in [4.78, 5) is 20.4. The molecule has 3 aliphatic heterocycles. The Kier molecular flexibility index (Phi) is 3.42. The van der Waals surface area contributed by atoms with Crippen LogP contribution in [0, 0.1) is 0 Å². The minimum atomic E-state index is -0.443. The molecule has 26 heavy (non-hydrogen) atoms. The van der Waals surface area contributed by atoms with Crippen molar-refractivity contribution < 1.29 is 9.47 Å². The molecule has 136 valence electrons. The Morgan fingerprint density at radius 3 is 2.50 bits per heavy atom. The molecule has 8 nitrogen and oxygen atoms in total. The topological polar surface area (TPSA) is 99.3 Å². The van der Waals surface area contributed by atoms with Crippen molar-refractivity contribution in [1.82, 2.24) is 19.9 Å². The van der Waals surface area contributed by atoms with Gasteiger partial charge < -0.3 is 20.1 Å². The van der Waals surface area contributed by atoms with E-state index in [1.807, 2.05) is 13.8 Å². The first kappa shape index (κ1) is 15.9. The minimum Gasteiger partial charge on any atom is -0.377 e. The SMILES string of the molecule is CC1(C)OCc2c(N3[C@@H]4CC[C@H]3COC4)nc(-c3cnc(N)nc3)nc21. The number of rotatable bonds is 2. The predicted octanol–water partition coefficient (Wildman–Crippen LogP) is 1.65. The monoisotopic (exact) mass is 354 g/mol. The highest BCUT2D eigenvalue weighted by atomic mass is 16.5. The molecule has 5 heterocycles. The third-order valence-corrected chi connectivity index (χ3v) is 5.55. The summed E-state index contributed by atoms with van der Waals surface area (Å²) in [5.41, 5.74) is 7.97. The third-order valence-electron chi connectivity index (χ3n) is 5.55. The molecule has 2 atom stereocenters. The zero-order valence-corrected chi connectivity index (χ0v) is 15.0. The molecule has 3 aliphatic rings. The lowest BCUT2D eigenvalue weighted by molar-refractivity contribution is -0.0100. The fourth-order valence-electron chi connectivity index (χ4n) is 4.19. The van der Waals surface area contributed by atoms with Crippen LogP contribution in [0.1, 0.15) is 37.9 Å². The molecule has 0 saturated carbocycles. The Labute approximate surface area is 151 Å². The molecule has 0 aliphatic carbocycles. The van der Waals surface area contributed by atoms with E-state index in [1.165, 1.54) is 0 Å². The molecule has 2 N–H and O–H groups in total. The first-order valence-corrected chi connectivity index (χ1v) is 9.02. The number of nitrogens with zero attached hydrogens (tertiary/aromatic N) is 5. The van der Waals surface area contributed by atoms with Crippen molar-refractivity contribution in [1.29, 1.82) is 0 Å². The van der Waals surface area contributed by atoms with Gasteiger partial charge in [0, 0.05) is 18.0 Å². The van der Waals surface area contributed by atoms with Gasteiger partial charge in [0.1, 0.15) is 11.4 Å². The Bertz CT molecular complexity index is 838. The lowest BCUT2D eigenvalue weighted by Gasteiger charge is -2.36. The second kappa shape index (κ2) is 5.59. The first-order chi connectivity index (χ1) is 12.5. The van der Waals surface area contributed by atoms with Gasteiger partial charge in [-0.15, -0.1) is 0 Å². The fourth-order valence-corrected chi connectivity index (χ4v) is 4.19. The smallest absolute Gasteiger partial charge is 0.219 e. The first-order valence-electron chi connectivity index (χ1n) is 9.02. The van der Waals surface area contributed by atoms with E-state index < -0.39 is 5.60 Å². The number of ether oxygens (including phenoxy) is 2. The molecule has 0 aromatic carbocycles. The van der Waals surface area contributed by atoms with Crippen LogP contribution in [-0.4, -0.2) is 45.2 Å². The fraction of sp³-hybridized carbons (Fsp3) is 0.556. The Balaban J connectivity index is 1.68. The molecule has 2 aromatic rings. The lowest BCUT2D eigenvalue weighted by atomic mass is 10.0. The molecule has 0 radical (unpaired) electrons. The largest absolute Gasteiger partial charge is 0.377 e. The molecule has 0 unspecified atom stereocenters. The van der Waals surface area contributed by atoms with Crippen molar-refractivity contribution >= 4 is 11.8 Å². The summed E-state index contributed by atoms with van der Waals surface area (Å²) in [6, 6.07) is 0.735. The Morgan fingerprint density at radius 1 is 1.12 bits per heavy atom. The van der Waals surface area contributed by atoms with Crippen molar-refractivity contribution in [3.05, 3.63) is 23.7 Å². The van der Waals surface area contributed by atoms with Gasteiger partial charge in [-0.3, -0.25) is 0 Å². The highest BCUT2D eigenvalue weighted by Crippen LogP contribution is 2.43. The van der Waals surface area contributed by atoms with Gasteiger partial charge in [0.05, 0.1) is 43.2 Å². The molecule has 8 heteroatoms. The second-order valence-corrected chi connectivity index (χ2v) is 7.66. The summed E-state index contributed by atoms with van der Waals surface area (Å²) in [5.74, 6) is 1.83. The van der Waals surface area contributed by atoms with E-state index in [4.69, 9.17) is 25.2 Å². The van der Waals surface area contributed by atoms with Gasteiger partial charge in [-0.05, 0) is 26.7 Å². The van der Waals surface area contributed by atoms with Crippen LogP contribution in [0.2, 0.25) is 0 Å². The highest BCUT2D eigenvalue weighted by molar-refractivity contribution is 5.62. The van der Waals surface area contributed by atoms with Crippen LogP contribution >= 0.6 is 0 Å². The summed E-state index contributed by atoms with van der Waals surface area (Å²) in [5, 5.41) is 0. The molecule has 2 saturated heterocycles. The van der Waals surface area contributed by atoms with Gasteiger partial charge in [-0.25, -0.2) is 19.9 Å². The number of aromatic nitrogens is 4. The van der Waals surface area contributed by atoms with Crippen LogP contribution in [0.25, 0.3) is 11.4 Å². The number of hydrogen-bond acceptors (Lipinski definition) is 8. The summed E-state index contributed by atoms with van der Waals surface area (Å²) in [6.07, 6.45) is 5.61. The maximum atomic E-state index is 6.03. The van der Waals surface area contributed by atoms with Gasteiger partial charge in [-0.1, -0.05) is 0 Å². The number of anilines is 2. The van der Waals surface area contributed by atoms with E-state index in [-0.39, 0.29) is 5.95 Å². The number of fused-ring (bicyclic) bond motifs is 3. The van der Waals surface area contributed by atoms with E-state index in [1.54, 1.807) is 12.4 Å². The molecule has 5 rings (SSSR count). The van der Waals surface area contributed by atoms with E-state index in [9.17, 15) is 0 Å². The number of nitrogens with two attached hydrogens (primary N) is 1. The summed E-state index contributed by atoms with van der Waals surface area (Å²) < 4.78 is 11.8. The van der Waals surface area contributed by atoms with Crippen LogP contribution in [0.4, 0.5) is 11.8 Å². The van der Waals surface area contributed by atoms with Crippen molar-refractivity contribution in [3.8, 4) is 11.4 Å². The molecule has 2 bridgehead atoms. The normalized spacial score (nSPS) is 26.2. The molecule has 0 amide bonds. The predicted molar refractivity (Wildman–Crippen MR) is 95.4 cm³/mol. The van der Waals surface area contributed by atoms with Gasteiger partial charge in [0.2, 0.25) is 5.95 Å². The van der Waals surface area contributed by atoms with Gasteiger partial charge in [0.15, 0.2) is 5.82 Å². The number of morpholine rings is 1. The Morgan fingerprint density at radius 2 is 1.81 bits per heavy atom. The van der Waals surface area contributed by atoms with E-state index in [0.29, 0.717) is 24.5 Å². The summed E-state index contributed by atoms with van der Waals surface area (Å²) in [7, 11) is 0. The number of nitrogen functional groups attached to an aromatic ring is 1. The van der Waals surface area contributed by atoms with Crippen molar-refractivity contribution in [2.45, 2.75) is 51.0 Å². The third kappa shape index (κ3) is 2.36. The van der Waals surface area contributed by atoms with E-state index in [2.05, 4.69) is 14.9 Å². The van der Waals surface area contributed by atoms with E-state index in [0.717, 1.165) is 48.7 Å². The quantitative estimate of drug-likeness (QED) is 0.869. The minimum absolute atomic E-state index is 0.241. The van der Waals surface area contributed by atoms with Crippen molar-refractivity contribution in [2.75, 3.05) is 23.8 Å². The van der Waals surface area contributed by atoms with Gasteiger partial charge in [-0.2, -0.15) is 0 Å². The average Bonchev–Trinajstić information content (AvgIpc) is 3.07. The second-order valence-electron chi connectivity index (χ2n) is 7.66. The number of hydrogen-bond donors (Lipinski definition) is 1. The van der Waals surface area contributed by atoms with Crippen LogP contribution in [0.3, 0.4) is 0 Å². The average molecular weight is 354 g/mol. The standard InChI is InChI=1S/C18H22N6O2/c1-18(2)14-13(9-26-18)16(24-11-3-4-12(24)8-25-7-11)23-15(22-14)10-5-20-17(19)21-6-10/h5-6,11-12H,3-4,7-9H2,1-2H3,(H2,19,20,21)/t11-,12+. The summed E-state index contributed by atoms with van der Waals surface area (Å²) in [6.45, 7) is 6.13. The van der Waals surface area contributed by atoms with Crippen LogP contribution in [0.15, 0.2) is 12.4 Å².